The molecule has 0 aromatic heterocycles. The molecule has 0 bridgehead atoms. The van der Waals surface area contributed by atoms with Gasteiger partial charge in [0.1, 0.15) is 0 Å². The molecular weight excluding hydrogens is 252 g/mol. The molecule has 2 fully saturated rings. The van der Waals surface area contributed by atoms with Crippen molar-refractivity contribution in [3.05, 3.63) is 0 Å². The first-order valence-electron chi connectivity index (χ1n) is 8.11. The number of hydrogen-bond donors (Lipinski definition) is 2. The molecule has 1 atom stereocenters. The lowest BCUT2D eigenvalue weighted by Crippen LogP contribution is -2.36. The fourth-order valence-electron chi connectivity index (χ4n) is 2.73. The number of nitrogens with zero attached hydrogens (tertiary/aromatic N) is 2. The molecule has 1 unspecified atom stereocenters. The lowest BCUT2D eigenvalue weighted by Gasteiger charge is -2.23. The fourth-order valence-corrected chi connectivity index (χ4v) is 2.73. The van der Waals surface area contributed by atoms with E-state index in [1.807, 2.05) is 0 Å². The average Bonchev–Trinajstić information content (AvgIpc) is 3.24. The predicted octanol–water partition coefficient (Wildman–Crippen LogP) is 0.258. The summed E-state index contributed by atoms with van der Waals surface area (Å²) >= 11 is 0. The first-order valence-corrected chi connectivity index (χ1v) is 8.11. The number of amides is 1. The van der Waals surface area contributed by atoms with Crippen molar-refractivity contribution in [2.75, 3.05) is 45.8 Å². The van der Waals surface area contributed by atoms with Crippen molar-refractivity contribution in [3.8, 4) is 0 Å². The summed E-state index contributed by atoms with van der Waals surface area (Å²) in [4.78, 5) is 16.7. The van der Waals surface area contributed by atoms with Crippen LogP contribution in [0, 0.1) is 5.92 Å². The Hall–Kier alpha value is -0.650. The van der Waals surface area contributed by atoms with E-state index in [-0.39, 0.29) is 5.91 Å². The van der Waals surface area contributed by atoms with Crippen LogP contribution in [0.15, 0.2) is 0 Å². The third-order valence-electron chi connectivity index (χ3n) is 4.25. The Kier molecular flexibility index (Phi) is 6.26. The average molecular weight is 282 g/mol. The second-order valence-electron chi connectivity index (χ2n) is 6.43. The highest BCUT2D eigenvalue weighted by Gasteiger charge is 2.23. The molecule has 0 radical (unpaired) electrons. The summed E-state index contributed by atoms with van der Waals surface area (Å²) in [7, 11) is 0. The van der Waals surface area contributed by atoms with Gasteiger partial charge < -0.3 is 20.9 Å². The van der Waals surface area contributed by atoms with Gasteiger partial charge in [-0.1, -0.05) is 6.92 Å². The molecule has 3 N–H and O–H groups in total. The summed E-state index contributed by atoms with van der Waals surface area (Å²) in [6.07, 6.45) is 4.19. The SMILES string of the molecule is CC(CN)CN1CCCN(CCC(=O)NC2CC2)CC1. The van der Waals surface area contributed by atoms with E-state index in [0.717, 1.165) is 45.8 Å². The van der Waals surface area contributed by atoms with Crippen LogP contribution in [0.4, 0.5) is 0 Å². The van der Waals surface area contributed by atoms with Crippen LogP contribution in [0.2, 0.25) is 0 Å². The van der Waals surface area contributed by atoms with Gasteiger partial charge in [0.15, 0.2) is 0 Å². The Morgan fingerprint density at radius 2 is 1.95 bits per heavy atom. The molecule has 0 aromatic rings. The molecule has 5 nitrogen and oxygen atoms in total. The van der Waals surface area contributed by atoms with Gasteiger partial charge in [0.05, 0.1) is 0 Å². The third-order valence-corrected chi connectivity index (χ3v) is 4.25. The highest BCUT2D eigenvalue weighted by molar-refractivity contribution is 5.76. The van der Waals surface area contributed by atoms with Gasteiger partial charge in [0.25, 0.3) is 0 Å². The number of nitrogens with one attached hydrogen (secondary N) is 1. The summed E-state index contributed by atoms with van der Waals surface area (Å²) in [6.45, 7) is 9.44. The van der Waals surface area contributed by atoms with Crippen LogP contribution in [0.25, 0.3) is 0 Å². The zero-order chi connectivity index (χ0) is 14.4. The molecular formula is C15H30N4O. The van der Waals surface area contributed by atoms with E-state index in [4.69, 9.17) is 5.73 Å². The van der Waals surface area contributed by atoms with E-state index < -0.39 is 0 Å². The summed E-state index contributed by atoms with van der Waals surface area (Å²) in [5.74, 6) is 0.802. The minimum absolute atomic E-state index is 0.227. The van der Waals surface area contributed by atoms with Crippen LogP contribution >= 0.6 is 0 Å². The van der Waals surface area contributed by atoms with E-state index in [1.165, 1.54) is 19.3 Å². The number of carbonyl (C=O) groups is 1. The van der Waals surface area contributed by atoms with Gasteiger partial charge in [0, 0.05) is 38.6 Å². The molecule has 0 aromatic carbocycles. The topological polar surface area (TPSA) is 61.6 Å². The van der Waals surface area contributed by atoms with Crippen molar-refractivity contribution >= 4 is 5.91 Å². The minimum atomic E-state index is 0.227. The van der Waals surface area contributed by atoms with Gasteiger partial charge in [-0.3, -0.25) is 4.79 Å². The fraction of sp³-hybridized carbons (Fsp3) is 0.933. The maximum absolute atomic E-state index is 11.7. The van der Waals surface area contributed by atoms with Crippen LogP contribution < -0.4 is 11.1 Å². The standard InChI is InChI=1S/C15H30N4O/c1-13(11-16)12-19-7-2-6-18(9-10-19)8-5-15(20)17-14-3-4-14/h13-14H,2-12,16H2,1H3,(H,17,20). The molecule has 1 saturated carbocycles. The molecule has 1 aliphatic heterocycles. The number of carbonyl (C=O) groups excluding carboxylic acids is 1. The molecule has 1 heterocycles. The van der Waals surface area contributed by atoms with Crippen LogP contribution in [-0.4, -0.2) is 67.6 Å². The maximum Gasteiger partial charge on any atom is 0.221 e. The first kappa shape index (κ1) is 15.7. The normalized spacial score (nSPS) is 23.3. The van der Waals surface area contributed by atoms with E-state index in [9.17, 15) is 4.79 Å². The predicted molar refractivity (Wildman–Crippen MR) is 81.5 cm³/mol. The van der Waals surface area contributed by atoms with Gasteiger partial charge >= 0.3 is 0 Å². The van der Waals surface area contributed by atoms with Crippen molar-refractivity contribution in [3.63, 3.8) is 0 Å². The quantitative estimate of drug-likeness (QED) is 0.703. The Labute approximate surface area is 122 Å². The molecule has 1 saturated heterocycles. The molecule has 0 spiro atoms. The lowest BCUT2D eigenvalue weighted by molar-refractivity contribution is -0.121. The van der Waals surface area contributed by atoms with Crippen LogP contribution in [0.1, 0.15) is 32.6 Å². The van der Waals surface area contributed by atoms with Crippen molar-refractivity contribution in [2.24, 2.45) is 11.7 Å². The van der Waals surface area contributed by atoms with Gasteiger partial charge in [0.2, 0.25) is 5.91 Å². The Morgan fingerprint density at radius 1 is 1.25 bits per heavy atom. The minimum Gasteiger partial charge on any atom is -0.353 e. The molecule has 116 valence electrons. The van der Waals surface area contributed by atoms with Crippen LogP contribution in [0.5, 0.6) is 0 Å². The van der Waals surface area contributed by atoms with Crippen LogP contribution in [0.3, 0.4) is 0 Å². The zero-order valence-electron chi connectivity index (χ0n) is 12.8. The van der Waals surface area contributed by atoms with Gasteiger partial charge in [-0.05, 0) is 44.8 Å². The van der Waals surface area contributed by atoms with Gasteiger partial charge in [-0.15, -0.1) is 0 Å². The lowest BCUT2D eigenvalue weighted by atomic mass is 10.1. The van der Waals surface area contributed by atoms with E-state index in [1.54, 1.807) is 0 Å². The number of hydrogen-bond acceptors (Lipinski definition) is 4. The number of rotatable bonds is 7. The molecule has 1 aliphatic carbocycles. The van der Waals surface area contributed by atoms with Crippen molar-refractivity contribution in [2.45, 2.75) is 38.6 Å². The summed E-state index contributed by atoms with van der Waals surface area (Å²) in [6, 6.07) is 0.486. The van der Waals surface area contributed by atoms with Gasteiger partial charge in [-0.2, -0.15) is 0 Å². The smallest absolute Gasteiger partial charge is 0.221 e. The molecule has 2 rings (SSSR count). The van der Waals surface area contributed by atoms with E-state index >= 15 is 0 Å². The molecule has 5 heteroatoms. The highest BCUT2D eigenvalue weighted by Crippen LogP contribution is 2.18. The molecule has 2 aliphatic rings. The van der Waals surface area contributed by atoms with E-state index in [0.29, 0.717) is 18.4 Å². The largest absolute Gasteiger partial charge is 0.353 e. The number of nitrogens with two attached hydrogens (primary N) is 1. The highest BCUT2D eigenvalue weighted by atomic mass is 16.1. The van der Waals surface area contributed by atoms with Crippen molar-refractivity contribution in [1.82, 2.24) is 15.1 Å². The molecule has 1 amide bonds. The van der Waals surface area contributed by atoms with Gasteiger partial charge in [-0.25, -0.2) is 0 Å². The van der Waals surface area contributed by atoms with Crippen molar-refractivity contribution in [1.29, 1.82) is 0 Å². The Bertz CT molecular complexity index is 306. The second-order valence-corrected chi connectivity index (χ2v) is 6.43. The monoisotopic (exact) mass is 282 g/mol. The third kappa shape index (κ3) is 5.77. The zero-order valence-corrected chi connectivity index (χ0v) is 12.8. The Balaban J connectivity index is 1.62. The summed E-state index contributed by atoms with van der Waals surface area (Å²) < 4.78 is 0. The van der Waals surface area contributed by atoms with Crippen molar-refractivity contribution < 1.29 is 4.79 Å². The second kappa shape index (κ2) is 7.96. The molecule has 20 heavy (non-hydrogen) atoms. The first-order chi connectivity index (χ1) is 9.67. The maximum atomic E-state index is 11.7. The Morgan fingerprint density at radius 3 is 2.65 bits per heavy atom. The summed E-state index contributed by atoms with van der Waals surface area (Å²) in [5, 5.41) is 3.06. The van der Waals surface area contributed by atoms with Crippen LogP contribution in [-0.2, 0) is 4.79 Å². The summed E-state index contributed by atoms with van der Waals surface area (Å²) in [5.41, 5.74) is 5.70. The van der Waals surface area contributed by atoms with E-state index in [2.05, 4.69) is 22.0 Å².